The van der Waals surface area contributed by atoms with Crippen LogP contribution < -0.4 is 20.3 Å². The number of carbonyl (C=O) groups is 4. The van der Waals surface area contributed by atoms with Gasteiger partial charge in [-0.05, 0) is 98.9 Å². The number of aromatic nitrogens is 2. The number of imidazole rings is 1. The Morgan fingerprint density at radius 3 is 2.16 bits per heavy atom. The molecule has 0 saturated carbocycles. The van der Waals surface area contributed by atoms with Crippen LogP contribution in [0.25, 0.3) is 17.0 Å². The fourth-order valence-electron chi connectivity index (χ4n) is 9.87. The van der Waals surface area contributed by atoms with Gasteiger partial charge in [0, 0.05) is 36.5 Å². The topological polar surface area (TPSA) is 171 Å². The van der Waals surface area contributed by atoms with Gasteiger partial charge in [0.15, 0.2) is 11.5 Å². The van der Waals surface area contributed by atoms with Crippen LogP contribution in [0.15, 0.2) is 47.6 Å². The molecule has 2 saturated heterocycles. The summed E-state index contributed by atoms with van der Waals surface area (Å²) in [6.07, 6.45) is 9.76. The van der Waals surface area contributed by atoms with Gasteiger partial charge in [0.2, 0.25) is 11.8 Å². The molecule has 8 rings (SSSR count). The number of anilines is 2. The Kier molecular flexibility index (Phi) is 12.3. The lowest BCUT2D eigenvalue weighted by molar-refractivity contribution is -0.135. The summed E-state index contributed by atoms with van der Waals surface area (Å²) >= 11 is 0. The van der Waals surface area contributed by atoms with Crippen molar-refractivity contribution < 1.29 is 33.4 Å². The van der Waals surface area contributed by atoms with Gasteiger partial charge in [-0.1, -0.05) is 46.8 Å². The quantitative estimate of drug-likeness (QED) is 0.174. The highest BCUT2D eigenvalue weighted by molar-refractivity contribution is 6.00. The SMILES string of the molecule is CCC1C=C(c2ccc3c(c2)Oc2ccc(-c4cnc(C5CCCN5C(=O)C(NC(=O)OC)C(C)C)[nH]4)c4c2N3CCC4)N=C(C2CCCN2C(=O)C(NC(=O)OC)C(C)C)C1. The normalized spacial score (nSPS) is 21.4. The number of fused-ring (bicyclic) bond motifs is 2. The van der Waals surface area contributed by atoms with Gasteiger partial charge in [0.25, 0.3) is 0 Å². The largest absolute Gasteiger partial charge is 0.453 e. The van der Waals surface area contributed by atoms with E-state index in [1.54, 1.807) is 0 Å². The summed E-state index contributed by atoms with van der Waals surface area (Å²) in [4.78, 5) is 71.8. The molecule has 5 aliphatic rings. The number of H-pyrrole nitrogens is 1. The van der Waals surface area contributed by atoms with Crippen LogP contribution in [0.4, 0.5) is 21.0 Å². The Hall–Kier alpha value is -5.86. The number of nitrogens with zero attached hydrogens (tertiary/aromatic N) is 5. The molecule has 3 aromatic rings. The van der Waals surface area contributed by atoms with Crippen molar-refractivity contribution in [1.82, 2.24) is 30.4 Å². The standard InChI is InChI=1S/C47H60N8O7/c1-8-28-22-32(49-33(23-28)35-13-10-20-54(35)44(56)40(26(2)3)51-46(58)60-6)29-15-17-36-39(24-29)62-38-18-16-30(31-12-9-19-53(36)42(31)38)34-25-48-43(50-34)37-14-11-21-55(37)45(57)41(27(4)5)52-47(59)61-7/h15-18,22,24-28,35,37,40-41H,8-14,19-21,23H2,1-7H3,(H,48,50)(H,51,58)(H,52,59). The molecule has 2 fully saturated rings. The summed E-state index contributed by atoms with van der Waals surface area (Å²) in [5.74, 6) is 2.11. The highest BCUT2D eigenvalue weighted by Gasteiger charge is 2.40. The molecule has 15 heteroatoms. The van der Waals surface area contributed by atoms with E-state index in [4.69, 9.17) is 24.2 Å². The second-order valence-electron chi connectivity index (χ2n) is 17.8. The third-order valence-electron chi connectivity index (χ3n) is 13.2. The zero-order valence-electron chi connectivity index (χ0n) is 37.0. The minimum absolute atomic E-state index is 0.101. The molecule has 2 aromatic carbocycles. The van der Waals surface area contributed by atoms with Crippen LogP contribution in [-0.4, -0.2) is 101 Å². The molecule has 62 heavy (non-hydrogen) atoms. The highest BCUT2D eigenvalue weighted by Crippen LogP contribution is 2.53. The van der Waals surface area contributed by atoms with Gasteiger partial charge in [-0.15, -0.1) is 0 Å². The van der Waals surface area contributed by atoms with Crippen molar-refractivity contribution in [3.63, 3.8) is 0 Å². The maximum Gasteiger partial charge on any atom is 0.407 e. The van der Waals surface area contributed by atoms with Crippen molar-refractivity contribution >= 4 is 46.8 Å². The molecule has 4 amide bonds. The average molecular weight is 849 g/mol. The summed E-state index contributed by atoms with van der Waals surface area (Å²) in [5.41, 5.74) is 8.04. The lowest BCUT2D eigenvalue weighted by Gasteiger charge is -2.38. The Labute approximate surface area is 363 Å². The predicted molar refractivity (Wildman–Crippen MR) is 236 cm³/mol. The van der Waals surface area contributed by atoms with E-state index in [0.717, 1.165) is 115 Å². The molecule has 0 bridgehead atoms. The molecule has 0 radical (unpaired) electrons. The molecule has 5 aliphatic heterocycles. The minimum atomic E-state index is -0.701. The lowest BCUT2D eigenvalue weighted by Crippen LogP contribution is -2.54. The molecule has 5 unspecified atom stereocenters. The molecule has 1 aromatic heterocycles. The van der Waals surface area contributed by atoms with Crippen molar-refractivity contribution in [3.8, 4) is 22.8 Å². The number of aromatic amines is 1. The number of methoxy groups -OCH3 is 2. The first kappa shape index (κ1) is 42.8. The lowest BCUT2D eigenvalue weighted by atomic mass is 9.89. The maximum absolute atomic E-state index is 13.9. The van der Waals surface area contributed by atoms with Crippen LogP contribution in [0, 0.1) is 17.8 Å². The molecule has 6 heterocycles. The van der Waals surface area contributed by atoms with Gasteiger partial charge < -0.3 is 44.5 Å². The zero-order chi connectivity index (χ0) is 43.8. The number of benzene rings is 2. The van der Waals surface area contributed by atoms with Crippen LogP contribution in [0.5, 0.6) is 11.5 Å². The van der Waals surface area contributed by atoms with Gasteiger partial charge in [0.1, 0.15) is 17.9 Å². The number of alkyl carbamates (subject to hydrolysis) is 2. The van der Waals surface area contributed by atoms with Gasteiger partial charge in [-0.2, -0.15) is 0 Å². The molecular weight excluding hydrogens is 789 g/mol. The average Bonchev–Trinajstić information content (AvgIpc) is 4.08. The van der Waals surface area contributed by atoms with E-state index in [1.807, 2.05) is 49.8 Å². The van der Waals surface area contributed by atoms with Gasteiger partial charge in [-0.25, -0.2) is 14.6 Å². The smallest absolute Gasteiger partial charge is 0.407 e. The number of hydrogen-bond acceptors (Lipinski definition) is 10. The van der Waals surface area contributed by atoms with E-state index in [2.05, 4.69) is 57.8 Å². The number of ether oxygens (including phenoxy) is 3. The van der Waals surface area contributed by atoms with Crippen LogP contribution in [0.1, 0.15) is 103 Å². The fourth-order valence-corrected chi connectivity index (χ4v) is 9.87. The number of likely N-dealkylation sites (tertiary alicyclic amines) is 2. The first-order chi connectivity index (χ1) is 29.9. The summed E-state index contributed by atoms with van der Waals surface area (Å²) in [6.45, 7) is 11.9. The monoisotopic (exact) mass is 848 g/mol. The summed E-state index contributed by atoms with van der Waals surface area (Å²) in [6, 6.07) is 8.74. The molecule has 3 N–H and O–H groups in total. The van der Waals surface area contributed by atoms with Crippen molar-refractivity contribution in [2.45, 2.75) is 110 Å². The Balaban J connectivity index is 1.04. The van der Waals surface area contributed by atoms with Gasteiger partial charge >= 0.3 is 12.2 Å². The van der Waals surface area contributed by atoms with Crippen LogP contribution in [0.3, 0.4) is 0 Å². The van der Waals surface area contributed by atoms with Crippen LogP contribution >= 0.6 is 0 Å². The maximum atomic E-state index is 13.9. The fraction of sp³-hybridized carbons (Fsp3) is 0.532. The number of hydrogen-bond donors (Lipinski definition) is 3. The molecule has 5 atom stereocenters. The first-order valence-corrected chi connectivity index (χ1v) is 22.3. The molecule has 15 nitrogen and oxygen atoms in total. The van der Waals surface area contributed by atoms with E-state index in [-0.39, 0.29) is 41.7 Å². The van der Waals surface area contributed by atoms with E-state index in [1.165, 1.54) is 19.8 Å². The molecule has 330 valence electrons. The number of nitrogens with one attached hydrogen (secondary N) is 3. The third-order valence-corrected chi connectivity index (χ3v) is 13.2. The summed E-state index contributed by atoms with van der Waals surface area (Å²) in [5, 5.41) is 5.49. The Morgan fingerprint density at radius 1 is 0.855 bits per heavy atom. The van der Waals surface area contributed by atoms with Crippen molar-refractivity contribution in [1.29, 1.82) is 0 Å². The summed E-state index contributed by atoms with van der Waals surface area (Å²) < 4.78 is 16.4. The molecule has 0 spiro atoms. The predicted octanol–water partition coefficient (Wildman–Crippen LogP) is 7.89. The first-order valence-electron chi connectivity index (χ1n) is 22.3. The second-order valence-corrected chi connectivity index (χ2v) is 17.8. The number of aliphatic imine (C=N–C) groups is 1. The zero-order valence-corrected chi connectivity index (χ0v) is 37.0. The van der Waals surface area contributed by atoms with Crippen molar-refractivity contribution in [2.24, 2.45) is 22.7 Å². The highest BCUT2D eigenvalue weighted by atomic mass is 16.5. The van der Waals surface area contributed by atoms with E-state index < -0.39 is 24.3 Å². The van der Waals surface area contributed by atoms with E-state index >= 15 is 0 Å². The Bertz CT molecular complexity index is 2280. The molecular formula is C47H60N8O7. The number of carbonyl (C=O) groups excluding carboxylic acids is 4. The number of amides is 4. The molecule has 0 aliphatic carbocycles. The van der Waals surface area contributed by atoms with Crippen LogP contribution in [-0.2, 0) is 25.5 Å². The van der Waals surface area contributed by atoms with Gasteiger partial charge in [-0.3, -0.25) is 14.6 Å². The minimum Gasteiger partial charge on any atom is -0.453 e. The second kappa shape index (κ2) is 17.9. The van der Waals surface area contributed by atoms with Crippen LogP contribution in [0.2, 0.25) is 0 Å². The van der Waals surface area contributed by atoms with E-state index in [0.29, 0.717) is 13.1 Å². The van der Waals surface area contributed by atoms with Crippen molar-refractivity contribution in [3.05, 3.63) is 59.6 Å². The van der Waals surface area contributed by atoms with Gasteiger partial charge in [0.05, 0.1) is 55.3 Å². The number of rotatable bonds is 11. The third kappa shape index (κ3) is 8.13. The Morgan fingerprint density at radius 2 is 1.52 bits per heavy atom. The van der Waals surface area contributed by atoms with E-state index in [9.17, 15) is 19.2 Å². The van der Waals surface area contributed by atoms with Crippen molar-refractivity contribution in [2.75, 3.05) is 38.8 Å². The summed E-state index contributed by atoms with van der Waals surface area (Å²) in [7, 11) is 2.61. The number of allylic oxidation sites excluding steroid dienone is 1.